The monoisotopic (exact) mass is 410 g/mol. The first-order valence-corrected chi connectivity index (χ1v) is 9.87. The minimum Gasteiger partial charge on any atom is -0.497 e. The smallest absolute Gasteiger partial charge is 0.167 e. The predicted molar refractivity (Wildman–Crippen MR) is 123 cm³/mol. The Hall–Kier alpha value is -3.90. The van der Waals surface area contributed by atoms with E-state index in [0.717, 1.165) is 16.5 Å². The molecule has 0 amide bonds. The molecular formula is C28H20F2O. The minimum absolute atomic E-state index is 0.158. The molecule has 3 heteroatoms. The fourth-order valence-electron chi connectivity index (χ4n) is 3.36. The van der Waals surface area contributed by atoms with E-state index in [9.17, 15) is 4.39 Å². The fraction of sp³-hybridized carbons (Fsp3) is 0.0714. The van der Waals surface area contributed by atoms with Crippen LogP contribution in [0.15, 0.2) is 84.9 Å². The van der Waals surface area contributed by atoms with Gasteiger partial charge in [-0.25, -0.2) is 8.78 Å². The van der Waals surface area contributed by atoms with Crippen LogP contribution in [0.5, 0.6) is 5.75 Å². The van der Waals surface area contributed by atoms with Gasteiger partial charge in [-0.1, -0.05) is 59.9 Å². The zero-order chi connectivity index (χ0) is 21.8. The first kappa shape index (κ1) is 20.4. The molecule has 152 valence electrons. The summed E-state index contributed by atoms with van der Waals surface area (Å²) in [7, 11) is 1.53. The molecule has 0 aliphatic carbocycles. The second-order valence-corrected chi connectivity index (χ2v) is 7.18. The zero-order valence-electron chi connectivity index (χ0n) is 17.2. The number of methoxy groups -OCH3 is 1. The van der Waals surface area contributed by atoms with E-state index in [1.165, 1.54) is 24.8 Å². The lowest BCUT2D eigenvalue weighted by molar-refractivity contribution is 0.414. The van der Waals surface area contributed by atoms with E-state index >= 15 is 4.39 Å². The lowest BCUT2D eigenvalue weighted by atomic mass is 9.97. The molecule has 0 aliphatic rings. The van der Waals surface area contributed by atoms with E-state index in [4.69, 9.17) is 4.74 Å². The molecule has 0 heterocycles. The first-order chi connectivity index (χ1) is 15.1. The average Bonchev–Trinajstić information content (AvgIpc) is 2.82. The van der Waals surface area contributed by atoms with Crippen LogP contribution in [0.25, 0.3) is 22.4 Å². The van der Waals surface area contributed by atoms with Crippen LogP contribution < -0.4 is 4.74 Å². The van der Waals surface area contributed by atoms with Crippen molar-refractivity contribution >= 4 is 22.4 Å². The van der Waals surface area contributed by atoms with Crippen molar-refractivity contribution in [2.24, 2.45) is 0 Å². The number of rotatable bonds is 3. The molecule has 4 aromatic rings. The van der Waals surface area contributed by atoms with Crippen LogP contribution in [-0.2, 0) is 0 Å². The number of hydrogen-bond acceptors (Lipinski definition) is 1. The summed E-state index contributed by atoms with van der Waals surface area (Å²) in [4.78, 5) is 0. The van der Waals surface area contributed by atoms with Gasteiger partial charge in [-0.15, -0.1) is 0 Å². The second kappa shape index (κ2) is 8.85. The van der Waals surface area contributed by atoms with Gasteiger partial charge >= 0.3 is 0 Å². The van der Waals surface area contributed by atoms with Gasteiger partial charge in [0.25, 0.3) is 0 Å². The number of hydrogen-bond donors (Lipinski definition) is 0. The summed E-state index contributed by atoms with van der Waals surface area (Å²) < 4.78 is 35.2. The van der Waals surface area contributed by atoms with E-state index in [1.807, 2.05) is 49.4 Å². The van der Waals surface area contributed by atoms with Gasteiger partial charge in [0.1, 0.15) is 5.75 Å². The molecule has 0 atom stereocenters. The lowest BCUT2D eigenvalue weighted by Gasteiger charge is -2.09. The van der Waals surface area contributed by atoms with Crippen LogP contribution in [0.4, 0.5) is 8.78 Å². The topological polar surface area (TPSA) is 9.23 Å². The zero-order valence-corrected chi connectivity index (χ0v) is 17.2. The van der Waals surface area contributed by atoms with Crippen LogP contribution in [0.1, 0.15) is 27.8 Å². The Morgan fingerprint density at radius 1 is 0.710 bits per heavy atom. The van der Waals surface area contributed by atoms with Gasteiger partial charge in [-0.3, -0.25) is 0 Å². The highest BCUT2D eigenvalue weighted by Crippen LogP contribution is 2.34. The Morgan fingerprint density at radius 3 is 2.06 bits per heavy atom. The third-order valence-corrected chi connectivity index (χ3v) is 5.09. The molecule has 0 radical (unpaired) electrons. The van der Waals surface area contributed by atoms with Gasteiger partial charge in [0, 0.05) is 22.3 Å². The van der Waals surface area contributed by atoms with Gasteiger partial charge in [0.15, 0.2) is 11.7 Å². The van der Waals surface area contributed by atoms with Gasteiger partial charge in [0.2, 0.25) is 0 Å². The molecule has 0 fully saturated rings. The van der Waals surface area contributed by atoms with Gasteiger partial charge in [-0.05, 0) is 60.2 Å². The second-order valence-electron chi connectivity index (χ2n) is 7.18. The van der Waals surface area contributed by atoms with Crippen molar-refractivity contribution in [1.29, 1.82) is 0 Å². The predicted octanol–water partition coefficient (Wildman–Crippen LogP) is 7.32. The summed E-state index contributed by atoms with van der Waals surface area (Å²) in [6, 6.07) is 24.8. The maximum absolute atomic E-state index is 15.2. The largest absolute Gasteiger partial charge is 0.497 e. The van der Waals surface area contributed by atoms with Crippen LogP contribution in [0.2, 0.25) is 0 Å². The maximum atomic E-state index is 15.2. The van der Waals surface area contributed by atoms with E-state index in [0.29, 0.717) is 11.1 Å². The fourth-order valence-corrected chi connectivity index (χ4v) is 3.36. The van der Waals surface area contributed by atoms with Crippen molar-refractivity contribution in [3.05, 3.63) is 113 Å². The van der Waals surface area contributed by atoms with Crippen molar-refractivity contribution < 1.29 is 13.5 Å². The van der Waals surface area contributed by atoms with Crippen molar-refractivity contribution in [2.45, 2.75) is 6.92 Å². The summed E-state index contributed by atoms with van der Waals surface area (Å²) in [6.07, 6.45) is 0. The van der Waals surface area contributed by atoms with Crippen LogP contribution in [-0.4, -0.2) is 7.11 Å². The number of fused-ring (bicyclic) bond motifs is 1. The summed E-state index contributed by atoms with van der Waals surface area (Å²) in [6.45, 7) is 2.02. The summed E-state index contributed by atoms with van der Waals surface area (Å²) in [5.74, 6) is 5.08. The molecule has 0 bridgehead atoms. The normalized spacial score (nSPS) is 11.5. The average molecular weight is 410 g/mol. The Labute approximate surface area is 180 Å². The molecular weight excluding hydrogens is 390 g/mol. The Kier molecular flexibility index (Phi) is 5.82. The molecule has 0 N–H and O–H groups in total. The first-order valence-electron chi connectivity index (χ1n) is 9.87. The summed E-state index contributed by atoms with van der Waals surface area (Å²) >= 11 is 0. The lowest BCUT2D eigenvalue weighted by Crippen LogP contribution is -1.90. The molecule has 0 saturated carbocycles. The number of ether oxygens (including phenoxy) is 1. The summed E-state index contributed by atoms with van der Waals surface area (Å²) in [5.41, 5.74) is 3.19. The maximum Gasteiger partial charge on any atom is 0.167 e. The Morgan fingerprint density at radius 2 is 1.39 bits per heavy atom. The number of aryl methyl sites for hydroxylation is 1. The number of benzene rings is 4. The van der Waals surface area contributed by atoms with Crippen LogP contribution >= 0.6 is 0 Å². The third kappa shape index (κ3) is 4.34. The minimum atomic E-state index is -0.911. The molecule has 4 aromatic carbocycles. The van der Waals surface area contributed by atoms with E-state index in [1.54, 1.807) is 30.3 Å². The molecule has 0 aromatic heterocycles. The van der Waals surface area contributed by atoms with Gasteiger partial charge in [0.05, 0.1) is 7.11 Å². The summed E-state index contributed by atoms with van der Waals surface area (Å²) in [5, 5.41) is 1.39. The molecule has 1 nitrogen and oxygen atoms in total. The van der Waals surface area contributed by atoms with Crippen LogP contribution in [0, 0.1) is 18.8 Å². The van der Waals surface area contributed by atoms with Gasteiger partial charge in [-0.2, -0.15) is 0 Å². The highest BCUT2D eigenvalue weighted by atomic mass is 19.2. The van der Waals surface area contributed by atoms with Crippen molar-refractivity contribution in [2.75, 3.05) is 7.11 Å². The van der Waals surface area contributed by atoms with Crippen molar-refractivity contribution in [3.8, 4) is 17.6 Å². The highest BCUT2D eigenvalue weighted by Gasteiger charge is 2.15. The molecule has 4 rings (SSSR count). The molecule has 0 spiro atoms. The highest BCUT2D eigenvalue weighted by molar-refractivity contribution is 6.00. The van der Waals surface area contributed by atoms with E-state index < -0.39 is 11.7 Å². The molecule has 0 aliphatic heterocycles. The van der Waals surface area contributed by atoms with Gasteiger partial charge < -0.3 is 4.74 Å². The SMILES string of the molecule is COc1ccc(C(F)=C(F)c2ccc(C#Cc3ccc(C)cc3)c3ccccc23)cc1. The van der Waals surface area contributed by atoms with Crippen molar-refractivity contribution in [3.63, 3.8) is 0 Å². The van der Waals surface area contributed by atoms with E-state index in [-0.39, 0.29) is 11.1 Å². The standard InChI is InChI=1S/C28H20F2O/c1-19-7-9-20(10-8-19)11-12-21-15-18-26(25-6-4-3-5-24(21)25)28(30)27(29)22-13-16-23(31-2)17-14-22/h3-10,13-18H,1-2H3. The van der Waals surface area contributed by atoms with E-state index in [2.05, 4.69) is 11.8 Å². The van der Waals surface area contributed by atoms with Crippen molar-refractivity contribution in [1.82, 2.24) is 0 Å². The third-order valence-electron chi connectivity index (χ3n) is 5.09. The molecule has 0 unspecified atom stereocenters. The quantitative estimate of drug-likeness (QED) is 0.254. The molecule has 31 heavy (non-hydrogen) atoms. The number of halogens is 2. The Balaban J connectivity index is 1.78. The molecule has 0 saturated heterocycles. The van der Waals surface area contributed by atoms with Crippen LogP contribution in [0.3, 0.4) is 0 Å². The Bertz CT molecular complexity index is 1320.